The van der Waals surface area contributed by atoms with Crippen molar-refractivity contribution < 1.29 is 36.2 Å². The Hall–Kier alpha value is -1.92. The average molecular weight is 437 g/mol. The fourth-order valence-corrected chi connectivity index (χ4v) is 5.24. The Morgan fingerprint density at radius 2 is 1.93 bits per heavy atom. The smallest absolute Gasteiger partial charge is 0.427 e. The fourth-order valence-electron chi connectivity index (χ4n) is 3.72. The highest BCUT2D eigenvalue weighted by Gasteiger charge is 2.47. The van der Waals surface area contributed by atoms with Crippen LogP contribution < -0.4 is 0 Å². The number of ether oxygens (including phenoxy) is 1. The van der Waals surface area contributed by atoms with Gasteiger partial charge in [-0.15, -0.1) is 0 Å². The van der Waals surface area contributed by atoms with Crippen molar-refractivity contribution >= 4 is 16.1 Å². The van der Waals surface area contributed by atoms with Crippen molar-refractivity contribution in [3.63, 3.8) is 0 Å². The van der Waals surface area contributed by atoms with E-state index in [2.05, 4.69) is 9.72 Å². The van der Waals surface area contributed by atoms with Gasteiger partial charge in [0.25, 0.3) is 0 Å². The van der Waals surface area contributed by atoms with E-state index in [1.165, 1.54) is 22.8 Å². The highest BCUT2D eigenvalue weighted by molar-refractivity contribution is 7.89. The molecule has 1 unspecified atom stereocenters. The summed E-state index contributed by atoms with van der Waals surface area (Å²) in [5.74, 6) is 0. The van der Waals surface area contributed by atoms with Gasteiger partial charge in [-0.2, -0.15) is 17.5 Å². The lowest BCUT2D eigenvalue weighted by atomic mass is 9.78. The number of hydrogen-bond acceptors (Lipinski definition) is 6. The van der Waals surface area contributed by atoms with Crippen LogP contribution in [0.2, 0.25) is 0 Å². The zero-order valence-electron chi connectivity index (χ0n) is 15.5. The maximum atomic E-state index is 12.8. The zero-order valence-corrected chi connectivity index (χ0v) is 16.3. The van der Waals surface area contributed by atoms with Crippen molar-refractivity contribution in [3.8, 4) is 0 Å². The van der Waals surface area contributed by atoms with Crippen LogP contribution in [-0.2, 0) is 14.8 Å². The van der Waals surface area contributed by atoms with Gasteiger partial charge in [0.2, 0.25) is 16.1 Å². The summed E-state index contributed by atoms with van der Waals surface area (Å²) in [5, 5.41) is 8.79. The molecule has 12 heteroatoms. The molecule has 0 bridgehead atoms. The van der Waals surface area contributed by atoms with Crippen LogP contribution in [0.5, 0.6) is 0 Å². The molecule has 2 saturated heterocycles. The molecule has 162 valence electrons. The largest absolute Gasteiger partial charge is 0.434 e. The van der Waals surface area contributed by atoms with Gasteiger partial charge >= 0.3 is 12.3 Å². The van der Waals surface area contributed by atoms with Crippen LogP contribution in [0.1, 0.15) is 19.3 Å². The van der Waals surface area contributed by atoms with Crippen LogP contribution >= 0.6 is 0 Å². The molecule has 2 aliphatic heterocycles. The quantitative estimate of drug-likeness (QED) is 0.769. The number of sulfonamides is 1. The number of aliphatic hydroxyl groups excluding tert-OH is 1. The number of halogens is 3. The van der Waals surface area contributed by atoms with E-state index in [1.54, 1.807) is 6.07 Å². The first-order valence-corrected chi connectivity index (χ1v) is 10.5. The highest BCUT2D eigenvalue weighted by atomic mass is 32.2. The molecule has 3 rings (SSSR count). The molecule has 0 saturated carbocycles. The summed E-state index contributed by atoms with van der Waals surface area (Å²) in [4.78, 5) is 17.1. The number of hydrogen-bond donors (Lipinski definition) is 1. The summed E-state index contributed by atoms with van der Waals surface area (Å²) >= 11 is 0. The number of amides is 1. The molecule has 1 spiro atoms. The summed E-state index contributed by atoms with van der Waals surface area (Å²) in [7, 11) is -3.67. The van der Waals surface area contributed by atoms with E-state index in [4.69, 9.17) is 5.11 Å². The summed E-state index contributed by atoms with van der Waals surface area (Å²) < 4.78 is 69.3. The molecule has 1 N–H and O–H groups in total. The number of carbonyl (C=O) groups is 1. The number of aliphatic hydroxyl groups is 1. The Morgan fingerprint density at radius 3 is 2.48 bits per heavy atom. The molecular formula is C17H22F3N3O5S. The maximum absolute atomic E-state index is 12.8. The van der Waals surface area contributed by atoms with E-state index < -0.39 is 35.0 Å². The monoisotopic (exact) mass is 437 g/mol. The predicted molar refractivity (Wildman–Crippen MR) is 94.3 cm³/mol. The van der Waals surface area contributed by atoms with E-state index in [9.17, 15) is 26.4 Å². The molecule has 29 heavy (non-hydrogen) atoms. The molecule has 1 aromatic heterocycles. The lowest BCUT2D eigenvalue weighted by Crippen LogP contribution is -2.47. The predicted octanol–water partition coefficient (Wildman–Crippen LogP) is 1.62. The van der Waals surface area contributed by atoms with Crippen LogP contribution in [-0.4, -0.2) is 78.9 Å². The Labute approximate surface area is 166 Å². The number of rotatable bonds is 4. The minimum absolute atomic E-state index is 0.111. The minimum atomic E-state index is -4.84. The van der Waals surface area contributed by atoms with Crippen molar-refractivity contribution in [2.45, 2.75) is 36.4 Å². The Balaban J connectivity index is 1.59. The number of pyridine rings is 1. The normalized spacial score (nSPS) is 21.3. The summed E-state index contributed by atoms with van der Waals surface area (Å²) in [6, 6.07) is 3.02. The first-order valence-electron chi connectivity index (χ1n) is 9.11. The van der Waals surface area contributed by atoms with Gasteiger partial charge in [-0.05, 0) is 36.8 Å². The summed E-state index contributed by atoms with van der Waals surface area (Å²) in [6.45, 7) is -0.392. The van der Waals surface area contributed by atoms with E-state index in [0.29, 0.717) is 25.8 Å². The van der Waals surface area contributed by atoms with Crippen molar-refractivity contribution in [2.75, 3.05) is 32.8 Å². The van der Waals surface area contributed by atoms with Gasteiger partial charge in [0.05, 0.1) is 6.61 Å². The van der Waals surface area contributed by atoms with E-state index in [0.717, 1.165) is 4.90 Å². The van der Waals surface area contributed by atoms with Gasteiger partial charge in [-0.25, -0.2) is 13.2 Å². The fraction of sp³-hybridized carbons (Fsp3) is 0.647. The van der Waals surface area contributed by atoms with E-state index in [1.807, 2.05) is 0 Å². The van der Waals surface area contributed by atoms with Crippen molar-refractivity contribution in [2.24, 2.45) is 5.41 Å². The number of likely N-dealkylation sites (tertiary alicyclic amines) is 1. The van der Waals surface area contributed by atoms with Crippen LogP contribution in [0.3, 0.4) is 0 Å². The first kappa shape index (κ1) is 21.8. The van der Waals surface area contributed by atoms with Crippen molar-refractivity contribution in [1.82, 2.24) is 14.2 Å². The van der Waals surface area contributed by atoms with Gasteiger partial charge < -0.3 is 14.7 Å². The molecule has 1 amide bonds. The number of carbonyl (C=O) groups excluding carboxylic acids is 1. The van der Waals surface area contributed by atoms with Gasteiger partial charge in [-0.1, -0.05) is 0 Å². The second kappa shape index (κ2) is 8.07. The maximum Gasteiger partial charge on any atom is 0.427 e. The number of aromatic nitrogens is 1. The lowest BCUT2D eigenvalue weighted by molar-refractivity contribution is -0.215. The molecule has 0 radical (unpaired) electrons. The van der Waals surface area contributed by atoms with E-state index >= 15 is 0 Å². The zero-order chi connectivity index (χ0) is 21.3. The number of piperidine rings is 1. The molecule has 1 atom stereocenters. The SMILES string of the molecule is O=C(OC(CO)C(F)(F)F)N1CCC2(CC1)CCN(S(=O)(=O)c1cccnc1)C2. The third kappa shape index (κ3) is 4.64. The number of alkyl halides is 3. The molecular weight excluding hydrogens is 415 g/mol. The van der Waals surface area contributed by atoms with Crippen LogP contribution in [0, 0.1) is 5.41 Å². The first-order chi connectivity index (χ1) is 13.6. The van der Waals surface area contributed by atoms with Crippen LogP contribution in [0.25, 0.3) is 0 Å². The minimum Gasteiger partial charge on any atom is -0.434 e. The van der Waals surface area contributed by atoms with Gasteiger partial charge in [0.1, 0.15) is 4.90 Å². The van der Waals surface area contributed by atoms with Gasteiger partial charge in [0.15, 0.2) is 0 Å². The molecule has 0 aromatic carbocycles. The highest BCUT2D eigenvalue weighted by Crippen LogP contribution is 2.42. The molecule has 3 heterocycles. The molecule has 0 aliphatic carbocycles. The third-order valence-corrected chi connectivity index (χ3v) is 7.36. The van der Waals surface area contributed by atoms with E-state index in [-0.39, 0.29) is 29.9 Å². The molecule has 8 nitrogen and oxygen atoms in total. The van der Waals surface area contributed by atoms with Crippen molar-refractivity contribution in [3.05, 3.63) is 24.5 Å². The Kier molecular flexibility index (Phi) is 6.06. The molecule has 2 aliphatic rings. The lowest BCUT2D eigenvalue weighted by Gasteiger charge is -2.39. The molecule has 2 fully saturated rings. The van der Waals surface area contributed by atoms with Gasteiger partial charge in [0, 0.05) is 38.6 Å². The summed E-state index contributed by atoms with van der Waals surface area (Å²) in [5.41, 5.74) is -0.327. The third-order valence-electron chi connectivity index (χ3n) is 5.53. The standard InChI is InChI=1S/C17H22F3N3O5S/c18-17(19,20)14(11-24)28-15(25)22-7-3-16(4-8-22)5-9-23(12-16)29(26,27)13-2-1-6-21-10-13/h1-2,6,10,14,24H,3-5,7-9,11-12H2. The topological polar surface area (TPSA) is 100 Å². The Morgan fingerprint density at radius 1 is 1.28 bits per heavy atom. The van der Waals surface area contributed by atoms with Crippen LogP contribution in [0.15, 0.2) is 29.4 Å². The summed E-state index contributed by atoms with van der Waals surface area (Å²) in [6.07, 6.45) is -4.23. The number of nitrogens with zero attached hydrogens (tertiary/aromatic N) is 3. The Bertz CT molecular complexity index is 826. The van der Waals surface area contributed by atoms with Crippen LogP contribution in [0.4, 0.5) is 18.0 Å². The van der Waals surface area contributed by atoms with Gasteiger partial charge in [-0.3, -0.25) is 4.98 Å². The second-order valence-electron chi connectivity index (χ2n) is 7.36. The molecule has 1 aromatic rings. The average Bonchev–Trinajstić information content (AvgIpc) is 3.10. The second-order valence-corrected chi connectivity index (χ2v) is 9.30. The van der Waals surface area contributed by atoms with Crippen molar-refractivity contribution in [1.29, 1.82) is 0 Å².